The van der Waals surface area contributed by atoms with E-state index in [0.717, 1.165) is 12.1 Å². The Bertz CT molecular complexity index is 363. The highest BCUT2D eigenvalue weighted by atomic mass is 32.1. The zero-order valence-corrected chi connectivity index (χ0v) is 12.2. The Morgan fingerprint density at radius 3 is 3.11 bits per heavy atom. The predicted molar refractivity (Wildman–Crippen MR) is 78.3 cm³/mol. The highest BCUT2D eigenvalue weighted by molar-refractivity contribution is 7.07. The first kappa shape index (κ1) is 12.6. The molecule has 3 heterocycles. The molecule has 18 heavy (non-hydrogen) atoms. The Morgan fingerprint density at radius 1 is 1.33 bits per heavy atom. The van der Waals surface area contributed by atoms with Gasteiger partial charge in [0.2, 0.25) is 0 Å². The molecule has 0 amide bonds. The summed E-state index contributed by atoms with van der Waals surface area (Å²) < 4.78 is 0. The molecule has 3 heteroatoms. The van der Waals surface area contributed by atoms with Gasteiger partial charge in [0, 0.05) is 31.7 Å². The number of nitrogens with zero attached hydrogens (tertiary/aromatic N) is 2. The molecule has 0 aliphatic carbocycles. The summed E-state index contributed by atoms with van der Waals surface area (Å²) in [6, 6.07) is 3.85. The van der Waals surface area contributed by atoms with Crippen LogP contribution in [0.1, 0.15) is 31.7 Å². The smallest absolute Gasteiger partial charge is 0.0223 e. The third kappa shape index (κ3) is 2.79. The number of piperidine rings is 1. The SMILES string of the molecule is CC1CN2CCCCC2CN1CCc1ccsc1. The highest BCUT2D eigenvalue weighted by Gasteiger charge is 2.32. The van der Waals surface area contributed by atoms with Gasteiger partial charge in [0.05, 0.1) is 0 Å². The van der Waals surface area contributed by atoms with Crippen molar-refractivity contribution >= 4 is 11.3 Å². The minimum absolute atomic E-state index is 0.734. The molecular weight excluding hydrogens is 240 g/mol. The number of hydrogen-bond donors (Lipinski definition) is 0. The molecule has 0 N–H and O–H groups in total. The number of rotatable bonds is 3. The largest absolute Gasteiger partial charge is 0.298 e. The van der Waals surface area contributed by atoms with Crippen molar-refractivity contribution in [3.05, 3.63) is 22.4 Å². The van der Waals surface area contributed by atoms with Crippen molar-refractivity contribution in [3.63, 3.8) is 0 Å². The average molecular weight is 264 g/mol. The minimum atomic E-state index is 0.734. The fourth-order valence-corrected chi connectivity index (χ4v) is 4.14. The first-order valence-corrected chi connectivity index (χ1v) is 8.26. The summed E-state index contributed by atoms with van der Waals surface area (Å²) in [6.45, 7) is 7.56. The van der Waals surface area contributed by atoms with E-state index in [9.17, 15) is 0 Å². The molecule has 0 spiro atoms. The Morgan fingerprint density at radius 2 is 2.28 bits per heavy atom. The first-order valence-electron chi connectivity index (χ1n) is 7.32. The normalized spacial score (nSPS) is 30.3. The minimum Gasteiger partial charge on any atom is -0.298 e. The van der Waals surface area contributed by atoms with Gasteiger partial charge in [-0.1, -0.05) is 6.42 Å². The lowest BCUT2D eigenvalue weighted by atomic mass is 9.97. The summed E-state index contributed by atoms with van der Waals surface area (Å²) in [4.78, 5) is 5.44. The lowest BCUT2D eigenvalue weighted by Gasteiger charge is -2.47. The van der Waals surface area contributed by atoms with Crippen LogP contribution in [0.4, 0.5) is 0 Å². The van der Waals surface area contributed by atoms with Crippen LogP contribution >= 0.6 is 11.3 Å². The standard InChI is InChI=1S/C15H24N2S/c1-13-10-17-7-3-2-4-15(17)11-16(13)8-5-14-6-9-18-12-14/h6,9,12-13,15H,2-5,7-8,10-11H2,1H3. The quantitative estimate of drug-likeness (QED) is 0.828. The van der Waals surface area contributed by atoms with Crippen LogP contribution in [-0.4, -0.2) is 48.1 Å². The summed E-state index contributed by atoms with van der Waals surface area (Å²) >= 11 is 1.82. The molecule has 2 atom stereocenters. The molecule has 2 saturated heterocycles. The van der Waals surface area contributed by atoms with E-state index >= 15 is 0 Å². The molecule has 2 fully saturated rings. The summed E-state index contributed by atoms with van der Waals surface area (Å²) in [5, 5.41) is 4.49. The van der Waals surface area contributed by atoms with Crippen LogP contribution in [0.15, 0.2) is 16.8 Å². The summed E-state index contributed by atoms with van der Waals surface area (Å²) in [5.74, 6) is 0. The molecule has 0 saturated carbocycles. The topological polar surface area (TPSA) is 6.48 Å². The monoisotopic (exact) mass is 264 g/mol. The number of hydrogen-bond acceptors (Lipinski definition) is 3. The number of fused-ring (bicyclic) bond motifs is 1. The van der Waals surface area contributed by atoms with Crippen LogP contribution in [0.3, 0.4) is 0 Å². The molecular formula is C15H24N2S. The maximum Gasteiger partial charge on any atom is 0.0223 e. The Kier molecular flexibility index (Phi) is 4.02. The van der Waals surface area contributed by atoms with Crippen LogP contribution in [0, 0.1) is 0 Å². The van der Waals surface area contributed by atoms with Gasteiger partial charge in [-0.2, -0.15) is 11.3 Å². The third-order valence-corrected chi connectivity index (χ3v) is 5.32. The van der Waals surface area contributed by atoms with E-state index in [4.69, 9.17) is 0 Å². The van der Waals surface area contributed by atoms with Gasteiger partial charge in [-0.05, 0) is 55.1 Å². The van der Waals surface area contributed by atoms with Crippen LogP contribution in [-0.2, 0) is 6.42 Å². The van der Waals surface area contributed by atoms with Crippen molar-refractivity contribution < 1.29 is 0 Å². The second kappa shape index (κ2) is 5.72. The van der Waals surface area contributed by atoms with E-state index in [-0.39, 0.29) is 0 Å². The van der Waals surface area contributed by atoms with Gasteiger partial charge in [-0.3, -0.25) is 9.80 Å². The van der Waals surface area contributed by atoms with Gasteiger partial charge < -0.3 is 0 Å². The van der Waals surface area contributed by atoms with Crippen LogP contribution in [0.25, 0.3) is 0 Å². The average Bonchev–Trinajstić information content (AvgIpc) is 2.89. The molecule has 100 valence electrons. The Labute approximate surface area is 115 Å². The summed E-state index contributed by atoms with van der Waals surface area (Å²) in [6.07, 6.45) is 5.49. The summed E-state index contributed by atoms with van der Waals surface area (Å²) in [5.41, 5.74) is 1.51. The summed E-state index contributed by atoms with van der Waals surface area (Å²) in [7, 11) is 0. The zero-order chi connectivity index (χ0) is 12.4. The molecule has 0 bridgehead atoms. The number of thiophene rings is 1. The van der Waals surface area contributed by atoms with E-state index in [1.807, 2.05) is 11.3 Å². The lowest BCUT2D eigenvalue weighted by molar-refractivity contribution is 0.0160. The molecule has 3 rings (SSSR count). The van der Waals surface area contributed by atoms with Crippen LogP contribution in [0.5, 0.6) is 0 Å². The molecule has 0 aromatic carbocycles. The fourth-order valence-electron chi connectivity index (χ4n) is 3.43. The van der Waals surface area contributed by atoms with E-state index in [2.05, 4.69) is 33.6 Å². The van der Waals surface area contributed by atoms with Gasteiger partial charge in [0.1, 0.15) is 0 Å². The molecule has 2 aliphatic heterocycles. The molecule has 1 aromatic heterocycles. The van der Waals surface area contributed by atoms with Gasteiger partial charge in [-0.25, -0.2) is 0 Å². The maximum absolute atomic E-state index is 2.73. The van der Waals surface area contributed by atoms with Gasteiger partial charge in [-0.15, -0.1) is 0 Å². The first-order chi connectivity index (χ1) is 8.83. The lowest BCUT2D eigenvalue weighted by Crippen LogP contribution is -2.58. The molecule has 2 unspecified atom stereocenters. The van der Waals surface area contributed by atoms with Gasteiger partial charge in [0.15, 0.2) is 0 Å². The zero-order valence-electron chi connectivity index (χ0n) is 11.3. The predicted octanol–water partition coefficient (Wildman–Crippen LogP) is 2.85. The van der Waals surface area contributed by atoms with Crippen LogP contribution in [0.2, 0.25) is 0 Å². The molecule has 2 nitrogen and oxygen atoms in total. The van der Waals surface area contributed by atoms with Crippen molar-refractivity contribution in [2.75, 3.05) is 26.2 Å². The highest BCUT2D eigenvalue weighted by Crippen LogP contribution is 2.24. The van der Waals surface area contributed by atoms with Crippen LogP contribution < -0.4 is 0 Å². The maximum atomic E-state index is 2.73. The van der Waals surface area contributed by atoms with E-state index in [1.54, 1.807) is 0 Å². The van der Waals surface area contributed by atoms with E-state index in [1.165, 1.54) is 57.4 Å². The Balaban J connectivity index is 1.55. The Hall–Kier alpha value is -0.380. The van der Waals surface area contributed by atoms with Crippen molar-refractivity contribution in [2.45, 2.75) is 44.7 Å². The number of piperazine rings is 1. The second-order valence-corrected chi connectivity index (χ2v) is 6.65. The van der Waals surface area contributed by atoms with Crippen molar-refractivity contribution in [3.8, 4) is 0 Å². The molecule has 1 aromatic rings. The fraction of sp³-hybridized carbons (Fsp3) is 0.733. The van der Waals surface area contributed by atoms with Crippen molar-refractivity contribution in [2.24, 2.45) is 0 Å². The van der Waals surface area contributed by atoms with E-state index in [0.29, 0.717) is 0 Å². The van der Waals surface area contributed by atoms with Gasteiger partial charge in [0.25, 0.3) is 0 Å². The second-order valence-electron chi connectivity index (χ2n) is 5.87. The molecule has 0 radical (unpaired) electrons. The van der Waals surface area contributed by atoms with Crippen molar-refractivity contribution in [1.82, 2.24) is 9.80 Å². The third-order valence-electron chi connectivity index (χ3n) is 4.58. The molecule has 2 aliphatic rings. The van der Waals surface area contributed by atoms with E-state index < -0.39 is 0 Å². The van der Waals surface area contributed by atoms with Gasteiger partial charge >= 0.3 is 0 Å². The van der Waals surface area contributed by atoms with Crippen molar-refractivity contribution in [1.29, 1.82) is 0 Å².